The van der Waals surface area contributed by atoms with Gasteiger partial charge in [-0.15, -0.1) is 11.8 Å². The molecule has 2 nitrogen and oxygen atoms in total. The minimum Gasteiger partial charge on any atom is -0.311 e. The van der Waals surface area contributed by atoms with Gasteiger partial charge in [-0.25, -0.2) is 0 Å². The smallest absolute Gasteiger partial charge is 0.240 e. The molecule has 22 heavy (non-hydrogen) atoms. The van der Waals surface area contributed by atoms with Crippen molar-refractivity contribution >= 4 is 35.0 Å². The summed E-state index contributed by atoms with van der Waals surface area (Å²) < 4.78 is 0. The molecule has 2 aromatic rings. The van der Waals surface area contributed by atoms with Crippen molar-refractivity contribution in [3.63, 3.8) is 0 Å². The lowest BCUT2D eigenvalue weighted by molar-refractivity contribution is -0.117. The Bertz CT molecular complexity index is 671. The molecule has 1 heterocycles. The van der Waals surface area contributed by atoms with Gasteiger partial charge in [-0.1, -0.05) is 29.8 Å². The standard InChI is InChI=1S/C18H18ClNOS/c1-13(22-16-10-8-15(19)9-11-16)18(21)20-12-4-6-14-5-2-3-7-17(14)20/h2-3,5,7-11,13H,4,6,12H2,1H3/t13-/m1/s1. The Morgan fingerprint density at radius 2 is 1.91 bits per heavy atom. The second kappa shape index (κ2) is 6.76. The summed E-state index contributed by atoms with van der Waals surface area (Å²) in [6.45, 7) is 2.78. The number of para-hydroxylation sites is 1. The minimum atomic E-state index is -0.118. The molecule has 0 spiro atoms. The van der Waals surface area contributed by atoms with E-state index in [2.05, 4.69) is 6.07 Å². The normalized spacial score (nSPS) is 15.3. The summed E-state index contributed by atoms with van der Waals surface area (Å²) >= 11 is 7.48. The van der Waals surface area contributed by atoms with Crippen LogP contribution >= 0.6 is 23.4 Å². The van der Waals surface area contributed by atoms with E-state index >= 15 is 0 Å². The van der Waals surface area contributed by atoms with Gasteiger partial charge in [-0.3, -0.25) is 4.79 Å². The van der Waals surface area contributed by atoms with Gasteiger partial charge in [0.1, 0.15) is 0 Å². The maximum atomic E-state index is 12.8. The molecule has 1 aliphatic rings. The Morgan fingerprint density at radius 3 is 2.68 bits per heavy atom. The highest BCUT2D eigenvalue weighted by Crippen LogP contribution is 2.31. The van der Waals surface area contributed by atoms with E-state index in [1.807, 2.05) is 54.3 Å². The molecular formula is C18H18ClNOS. The van der Waals surface area contributed by atoms with Gasteiger partial charge in [0, 0.05) is 22.2 Å². The third-order valence-electron chi connectivity index (χ3n) is 3.85. The lowest BCUT2D eigenvalue weighted by Gasteiger charge is -2.31. The van der Waals surface area contributed by atoms with Crippen LogP contribution in [-0.4, -0.2) is 17.7 Å². The van der Waals surface area contributed by atoms with Crippen LogP contribution in [0, 0.1) is 0 Å². The van der Waals surface area contributed by atoms with Gasteiger partial charge in [0.05, 0.1) is 5.25 Å². The molecule has 1 amide bonds. The number of fused-ring (bicyclic) bond motifs is 1. The number of anilines is 1. The highest BCUT2D eigenvalue weighted by Gasteiger charge is 2.26. The monoisotopic (exact) mass is 331 g/mol. The molecule has 0 N–H and O–H groups in total. The Morgan fingerprint density at radius 1 is 1.18 bits per heavy atom. The Kier molecular flexibility index (Phi) is 4.74. The van der Waals surface area contributed by atoms with Gasteiger partial charge < -0.3 is 4.90 Å². The van der Waals surface area contributed by atoms with Crippen molar-refractivity contribution in [3.05, 3.63) is 59.1 Å². The van der Waals surface area contributed by atoms with E-state index in [9.17, 15) is 4.79 Å². The van der Waals surface area contributed by atoms with E-state index in [0.717, 1.165) is 30.0 Å². The summed E-state index contributed by atoms with van der Waals surface area (Å²) in [5.41, 5.74) is 2.34. The molecule has 1 aliphatic heterocycles. The molecule has 0 aliphatic carbocycles. The topological polar surface area (TPSA) is 20.3 Å². The van der Waals surface area contributed by atoms with E-state index in [4.69, 9.17) is 11.6 Å². The molecule has 2 aromatic carbocycles. The molecule has 0 saturated heterocycles. The van der Waals surface area contributed by atoms with Gasteiger partial charge in [-0.2, -0.15) is 0 Å². The van der Waals surface area contributed by atoms with Crippen LogP contribution in [0.1, 0.15) is 18.9 Å². The molecule has 0 radical (unpaired) electrons. The first kappa shape index (κ1) is 15.4. The number of hydrogen-bond acceptors (Lipinski definition) is 2. The number of benzene rings is 2. The lowest BCUT2D eigenvalue weighted by Crippen LogP contribution is -2.40. The maximum absolute atomic E-state index is 12.8. The number of thioether (sulfide) groups is 1. The van der Waals surface area contributed by atoms with Crippen LogP contribution in [-0.2, 0) is 11.2 Å². The van der Waals surface area contributed by atoms with Crippen LogP contribution in [0.25, 0.3) is 0 Å². The van der Waals surface area contributed by atoms with E-state index < -0.39 is 0 Å². The zero-order chi connectivity index (χ0) is 15.5. The van der Waals surface area contributed by atoms with Crippen LogP contribution in [0.15, 0.2) is 53.4 Å². The van der Waals surface area contributed by atoms with Crippen LogP contribution in [0.4, 0.5) is 5.69 Å². The second-order valence-corrected chi connectivity index (χ2v) is 7.29. The SMILES string of the molecule is C[C@@H](Sc1ccc(Cl)cc1)C(=O)N1CCCc2ccccc21. The number of carbonyl (C=O) groups is 1. The fourth-order valence-electron chi connectivity index (χ4n) is 2.75. The highest BCUT2D eigenvalue weighted by molar-refractivity contribution is 8.00. The van der Waals surface area contributed by atoms with Gasteiger partial charge in [0.2, 0.25) is 5.91 Å². The van der Waals surface area contributed by atoms with Gasteiger partial charge in [-0.05, 0) is 55.7 Å². The quantitative estimate of drug-likeness (QED) is 0.753. The molecule has 0 fully saturated rings. The van der Waals surface area contributed by atoms with E-state index in [1.54, 1.807) is 11.8 Å². The summed E-state index contributed by atoms with van der Waals surface area (Å²) in [6, 6.07) is 15.8. The second-order valence-electron chi connectivity index (χ2n) is 5.44. The summed E-state index contributed by atoms with van der Waals surface area (Å²) in [5.74, 6) is 0.173. The summed E-state index contributed by atoms with van der Waals surface area (Å²) in [5, 5.41) is 0.598. The average Bonchev–Trinajstić information content (AvgIpc) is 2.55. The zero-order valence-electron chi connectivity index (χ0n) is 12.5. The summed E-state index contributed by atoms with van der Waals surface area (Å²) in [4.78, 5) is 15.8. The minimum absolute atomic E-state index is 0.118. The van der Waals surface area contributed by atoms with Crippen molar-refractivity contribution in [2.24, 2.45) is 0 Å². The van der Waals surface area contributed by atoms with Gasteiger partial charge in [0.15, 0.2) is 0 Å². The molecule has 0 saturated carbocycles. The molecule has 0 unspecified atom stereocenters. The maximum Gasteiger partial charge on any atom is 0.240 e. The molecular weight excluding hydrogens is 314 g/mol. The number of nitrogens with zero attached hydrogens (tertiary/aromatic N) is 1. The molecule has 0 aromatic heterocycles. The summed E-state index contributed by atoms with van der Waals surface area (Å²) in [7, 11) is 0. The van der Waals surface area contributed by atoms with Crippen molar-refractivity contribution in [1.82, 2.24) is 0 Å². The number of amides is 1. The lowest BCUT2D eigenvalue weighted by atomic mass is 10.0. The van der Waals surface area contributed by atoms with Crippen molar-refractivity contribution in [1.29, 1.82) is 0 Å². The fourth-order valence-corrected chi connectivity index (χ4v) is 3.81. The third kappa shape index (κ3) is 3.31. The van der Waals surface area contributed by atoms with Gasteiger partial charge >= 0.3 is 0 Å². The first-order valence-corrected chi connectivity index (χ1v) is 8.72. The average molecular weight is 332 g/mol. The molecule has 0 bridgehead atoms. The van der Waals surface area contributed by atoms with E-state index in [-0.39, 0.29) is 11.2 Å². The number of carbonyl (C=O) groups excluding carboxylic acids is 1. The predicted molar refractivity (Wildman–Crippen MR) is 93.9 cm³/mol. The van der Waals surface area contributed by atoms with Crippen LogP contribution in [0.2, 0.25) is 5.02 Å². The molecule has 114 valence electrons. The van der Waals surface area contributed by atoms with E-state index in [1.165, 1.54) is 5.56 Å². The number of aryl methyl sites for hydroxylation is 1. The summed E-state index contributed by atoms with van der Waals surface area (Å²) in [6.07, 6.45) is 2.08. The molecule has 3 rings (SSSR count). The van der Waals surface area contributed by atoms with Crippen molar-refractivity contribution in [2.45, 2.75) is 29.9 Å². The van der Waals surface area contributed by atoms with Crippen LogP contribution < -0.4 is 4.90 Å². The van der Waals surface area contributed by atoms with Crippen LogP contribution in [0.3, 0.4) is 0 Å². The number of rotatable bonds is 3. The molecule has 4 heteroatoms. The first-order chi connectivity index (χ1) is 10.6. The molecule has 1 atom stereocenters. The first-order valence-electron chi connectivity index (χ1n) is 7.46. The Hall–Kier alpha value is -1.45. The number of halogens is 1. The van der Waals surface area contributed by atoms with Crippen LogP contribution in [0.5, 0.6) is 0 Å². The third-order valence-corrected chi connectivity index (χ3v) is 5.20. The predicted octanol–water partition coefficient (Wildman–Crippen LogP) is 4.80. The Balaban J connectivity index is 1.75. The van der Waals surface area contributed by atoms with Crippen molar-refractivity contribution in [2.75, 3.05) is 11.4 Å². The van der Waals surface area contributed by atoms with Gasteiger partial charge in [0.25, 0.3) is 0 Å². The Labute approximate surface area is 140 Å². The van der Waals surface area contributed by atoms with E-state index in [0.29, 0.717) is 5.02 Å². The zero-order valence-corrected chi connectivity index (χ0v) is 14.0. The van der Waals surface area contributed by atoms with Crippen molar-refractivity contribution < 1.29 is 4.79 Å². The number of hydrogen-bond donors (Lipinski definition) is 0. The highest BCUT2D eigenvalue weighted by atomic mass is 35.5. The van der Waals surface area contributed by atoms with Crippen molar-refractivity contribution in [3.8, 4) is 0 Å². The largest absolute Gasteiger partial charge is 0.311 e. The fraction of sp³-hybridized carbons (Fsp3) is 0.278.